The van der Waals surface area contributed by atoms with Crippen LogP contribution in [0, 0.1) is 0 Å². The molecule has 116 valence electrons. The Kier molecular flexibility index (Phi) is 11.7. The molecule has 0 aromatic heterocycles. The van der Waals surface area contributed by atoms with E-state index in [2.05, 4.69) is 10.6 Å². The van der Waals surface area contributed by atoms with Crippen molar-refractivity contribution in [2.75, 3.05) is 19.6 Å². The highest BCUT2D eigenvalue weighted by Gasteiger charge is 2.06. The Balaban J connectivity index is 3.43. The van der Waals surface area contributed by atoms with E-state index in [0.29, 0.717) is 26.1 Å². The van der Waals surface area contributed by atoms with Crippen LogP contribution in [0.2, 0.25) is 0 Å². The van der Waals surface area contributed by atoms with E-state index in [1.807, 2.05) is 0 Å². The lowest BCUT2D eigenvalue weighted by molar-refractivity contribution is -0.126. The SMILES string of the molecule is CC(=O)CCNC(=O)CCC(=O)NCCCCCCN. The molecule has 0 aromatic carbocycles. The number of nitrogens with two attached hydrogens (primary N) is 1. The Morgan fingerprint density at radius 3 is 1.90 bits per heavy atom. The largest absolute Gasteiger partial charge is 0.356 e. The third kappa shape index (κ3) is 13.0. The Hall–Kier alpha value is -1.43. The first kappa shape index (κ1) is 18.6. The number of unbranched alkanes of at least 4 members (excludes halogenated alkanes) is 3. The molecule has 2 amide bonds. The summed E-state index contributed by atoms with van der Waals surface area (Å²) in [5, 5.41) is 5.39. The summed E-state index contributed by atoms with van der Waals surface area (Å²) >= 11 is 0. The van der Waals surface area contributed by atoms with Crippen LogP contribution in [-0.4, -0.2) is 37.2 Å². The minimum atomic E-state index is -0.190. The highest BCUT2D eigenvalue weighted by atomic mass is 16.2. The Labute approximate surface area is 120 Å². The Morgan fingerprint density at radius 2 is 1.35 bits per heavy atom. The molecule has 0 saturated heterocycles. The van der Waals surface area contributed by atoms with Crippen LogP contribution in [0.15, 0.2) is 0 Å². The number of carbonyl (C=O) groups is 3. The number of ketones is 1. The zero-order valence-corrected chi connectivity index (χ0v) is 12.4. The first-order valence-electron chi connectivity index (χ1n) is 7.29. The summed E-state index contributed by atoms with van der Waals surface area (Å²) in [6.07, 6.45) is 4.80. The van der Waals surface area contributed by atoms with Crippen LogP contribution in [0.1, 0.15) is 51.9 Å². The molecule has 0 atom stereocenters. The van der Waals surface area contributed by atoms with Crippen LogP contribution in [0.5, 0.6) is 0 Å². The monoisotopic (exact) mass is 285 g/mol. The number of carbonyl (C=O) groups excluding carboxylic acids is 3. The summed E-state index contributed by atoms with van der Waals surface area (Å²) < 4.78 is 0. The van der Waals surface area contributed by atoms with Crippen molar-refractivity contribution in [3.8, 4) is 0 Å². The van der Waals surface area contributed by atoms with Crippen molar-refractivity contribution >= 4 is 17.6 Å². The molecule has 20 heavy (non-hydrogen) atoms. The van der Waals surface area contributed by atoms with Gasteiger partial charge in [0.05, 0.1) is 0 Å². The fourth-order valence-corrected chi connectivity index (χ4v) is 1.63. The Morgan fingerprint density at radius 1 is 0.800 bits per heavy atom. The van der Waals surface area contributed by atoms with Crippen LogP contribution in [0.3, 0.4) is 0 Å². The van der Waals surface area contributed by atoms with E-state index in [9.17, 15) is 14.4 Å². The second-order valence-electron chi connectivity index (χ2n) is 4.85. The van der Waals surface area contributed by atoms with Crippen LogP contribution in [0.4, 0.5) is 0 Å². The van der Waals surface area contributed by atoms with Crippen LogP contribution >= 0.6 is 0 Å². The van der Waals surface area contributed by atoms with Gasteiger partial charge in [-0.15, -0.1) is 0 Å². The van der Waals surface area contributed by atoms with E-state index in [1.165, 1.54) is 6.92 Å². The first-order valence-corrected chi connectivity index (χ1v) is 7.29. The van der Waals surface area contributed by atoms with Gasteiger partial charge in [0, 0.05) is 32.4 Å². The fraction of sp³-hybridized carbons (Fsp3) is 0.786. The van der Waals surface area contributed by atoms with Crippen molar-refractivity contribution in [2.24, 2.45) is 5.73 Å². The van der Waals surface area contributed by atoms with Gasteiger partial charge in [-0.05, 0) is 26.3 Å². The second kappa shape index (κ2) is 12.6. The Bertz CT molecular complexity index is 306. The zero-order valence-electron chi connectivity index (χ0n) is 12.4. The maximum Gasteiger partial charge on any atom is 0.220 e. The average molecular weight is 285 g/mol. The third-order valence-corrected chi connectivity index (χ3v) is 2.83. The van der Waals surface area contributed by atoms with Crippen LogP contribution in [-0.2, 0) is 14.4 Å². The highest BCUT2D eigenvalue weighted by molar-refractivity contribution is 5.84. The van der Waals surface area contributed by atoms with E-state index in [-0.39, 0.29) is 30.4 Å². The molecule has 0 aliphatic heterocycles. The molecule has 0 saturated carbocycles. The summed E-state index contributed by atoms with van der Waals surface area (Å²) in [6.45, 7) is 3.19. The van der Waals surface area contributed by atoms with Gasteiger partial charge < -0.3 is 16.4 Å². The van der Waals surface area contributed by atoms with Crippen LogP contribution in [0.25, 0.3) is 0 Å². The van der Waals surface area contributed by atoms with Crippen molar-refractivity contribution in [3.63, 3.8) is 0 Å². The molecule has 0 heterocycles. The average Bonchev–Trinajstić information content (AvgIpc) is 2.40. The molecule has 6 nitrogen and oxygen atoms in total. The van der Waals surface area contributed by atoms with Crippen molar-refractivity contribution in [3.05, 3.63) is 0 Å². The van der Waals surface area contributed by atoms with Gasteiger partial charge >= 0.3 is 0 Å². The molecule has 0 aliphatic carbocycles. The maximum absolute atomic E-state index is 11.5. The molecule has 0 aliphatic rings. The molecule has 0 unspecified atom stereocenters. The zero-order chi connectivity index (χ0) is 15.2. The topological polar surface area (TPSA) is 101 Å². The molecular formula is C14H27N3O3. The summed E-state index contributed by atoms with van der Waals surface area (Å²) in [5.74, 6) is -0.257. The minimum absolute atomic E-state index is 0.0395. The van der Waals surface area contributed by atoms with E-state index < -0.39 is 0 Å². The summed E-state index contributed by atoms with van der Waals surface area (Å²) in [7, 11) is 0. The van der Waals surface area contributed by atoms with Gasteiger partial charge in [-0.25, -0.2) is 0 Å². The molecule has 0 rings (SSSR count). The summed E-state index contributed by atoms with van der Waals surface area (Å²) in [5.41, 5.74) is 5.38. The third-order valence-electron chi connectivity index (χ3n) is 2.83. The standard InChI is InChI=1S/C14H27N3O3/c1-12(18)8-11-17-14(20)7-6-13(19)16-10-5-3-2-4-9-15/h2-11,15H2,1H3,(H,16,19)(H,17,20). The van der Waals surface area contributed by atoms with Gasteiger partial charge in [0.2, 0.25) is 11.8 Å². The minimum Gasteiger partial charge on any atom is -0.356 e. The molecule has 6 heteroatoms. The van der Waals surface area contributed by atoms with E-state index in [4.69, 9.17) is 5.73 Å². The number of rotatable bonds is 12. The lowest BCUT2D eigenvalue weighted by atomic mass is 10.2. The summed E-state index contributed by atoms with van der Waals surface area (Å²) in [4.78, 5) is 33.5. The van der Waals surface area contributed by atoms with Crippen molar-refractivity contribution < 1.29 is 14.4 Å². The smallest absolute Gasteiger partial charge is 0.220 e. The molecule has 0 fully saturated rings. The molecule has 0 aromatic rings. The van der Waals surface area contributed by atoms with Gasteiger partial charge in [0.1, 0.15) is 5.78 Å². The lowest BCUT2D eigenvalue weighted by Crippen LogP contribution is -2.29. The molecular weight excluding hydrogens is 258 g/mol. The maximum atomic E-state index is 11.5. The molecule has 0 bridgehead atoms. The number of Topliss-reactive ketones (excluding diaryl/α,β-unsaturated/α-hetero) is 1. The normalized spacial score (nSPS) is 10.1. The van der Waals surface area contributed by atoms with Gasteiger partial charge in [-0.2, -0.15) is 0 Å². The molecule has 0 radical (unpaired) electrons. The number of hydrogen-bond acceptors (Lipinski definition) is 4. The lowest BCUT2D eigenvalue weighted by Gasteiger charge is -2.06. The van der Waals surface area contributed by atoms with Gasteiger partial charge in [0.25, 0.3) is 0 Å². The first-order chi connectivity index (χ1) is 9.56. The number of amides is 2. The fourth-order valence-electron chi connectivity index (χ4n) is 1.63. The van der Waals surface area contributed by atoms with Crippen molar-refractivity contribution in [1.29, 1.82) is 0 Å². The predicted molar refractivity (Wildman–Crippen MR) is 78.1 cm³/mol. The van der Waals surface area contributed by atoms with Crippen molar-refractivity contribution in [2.45, 2.75) is 51.9 Å². The quantitative estimate of drug-likeness (QED) is 0.454. The van der Waals surface area contributed by atoms with Gasteiger partial charge in [-0.1, -0.05) is 12.8 Å². The van der Waals surface area contributed by atoms with E-state index in [0.717, 1.165) is 25.7 Å². The highest BCUT2D eigenvalue weighted by Crippen LogP contribution is 1.97. The second-order valence-corrected chi connectivity index (χ2v) is 4.85. The number of hydrogen-bond donors (Lipinski definition) is 3. The summed E-state index contributed by atoms with van der Waals surface area (Å²) in [6, 6.07) is 0. The van der Waals surface area contributed by atoms with Gasteiger partial charge in [0.15, 0.2) is 0 Å². The molecule has 0 spiro atoms. The van der Waals surface area contributed by atoms with Gasteiger partial charge in [-0.3, -0.25) is 14.4 Å². The van der Waals surface area contributed by atoms with Crippen molar-refractivity contribution in [1.82, 2.24) is 10.6 Å². The predicted octanol–water partition coefficient (Wildman–Crippen LogP) is 0.497. The van der Waals surface area contributed by atoms with E-state index >= 15 is 0 Å². The van der Waals surface area contributed by atoms with E-state index in [1.54, 1.807) is 0 Å². The van der Waals surface area contributed by atoms with Crippen LogP contribution < -0.4 is 16.4 Å². The number of nitrogens with one attached hydrogen (secondary N) is 2. The molecule has 4 N–H and O–H groups in total.